The van der Waals surface area contributed by atoms with Crippen LogP contribution in [0.4, 0.5) is 0 Å². The third kappa shape index (κ3) is 3.38. The van der Waals surface area contributed by atoms with E-state index in [1.165, 1.54) is 12.8 Å². The first-order valence-electron chi connectivity index (χ1n) is 5.17. The average molecular weight is 192 g/mol. The molecule has 1 aliphatic rings. The van der Waals surface area contributed by atoms with Crippen LogP contribution in [0.1, 0.15) is 12.8 Å². The molecule has 0 spiro atoms. The molecule has 0 saturated carbocycles. The minimum Gasteiger partial charge on any atom is -0.402 e. The van der Waals surface area contributed by atoms with Crippen LogP contribution in [0.3, 0.4) is 0 Å². The molecule has 78 valence electrons. The molecule has 14 heavy (non-hydrogen) atoms. The van der Waals surface area contributed by atoms with Gasteiger partial charge < -0.3 is 10.6 Å². The summed E-state index contributed by atoms with van der Waals surface area (Å²) in [5.74, 6) is 0.570. The third-order valence-corrected chi connectivity index (χ3v) is 2.73. The van der Waals surface area contributed by atoms with E-state index in [4.69, 9.17) is 5.73 Å². The molecule has 1 saturated heterocycles. The molecule has 0 aromatic heterocycles. The molecule has 0 amide bonds. The number of hydrogen-bond acceptors (Lipinski definition) is 2. The second kappa shape index (κ2) is 5.66. The topological polar surface area (TPSA) is 29.3 Å². The first-order chi connectivity index (χ1) is 6.74. The Morgan fingerprint density at radius 1 is 1.36 bits per heavy atom. The van der Waals surface area contributed by atoms with Crippen molar-refractivity contribution in [2.24, 2.45) is 11.7 Å². The Hall–Kier alpha value is -1.02. The summed E-state index contributed by atoms with van der Waals surface area (Å²) in [5, 5.41) is 0. The van der Waals surface area contributed by atoms with Crippen LogP contribution in [0.5, 0.6) is 0 Å². The molecular formula is C12H20N2. The fraction of sp³-hybridized carbons (Fsp3) is 0.500. The van der Waals surface area contributed by atoms with Gasteiger partial charge in [0.05, 0.1) is 0 Å². The molecule has 2 nitrogen and oxygen atoms in total. The largest absolute Gasteiger partial charge is 0.402 e. The monoisotopic (exact) mass is 192 g/mol. The van der Waals surface area contributed by atoms with E-state index in [0.717, 1.165) is 18.8 Å². The predicted molar refractivity (Wildman–Crippen MR) is 61.8 cm³/mol. The van der Waals surface area contributed by atoms with Crippen LogP contribution >= 0.6 is 0 Å². The van der Waals surface area contributed by atoms with E-state index in [1.54, 1.807) is 6.08 Å². The van der Waals surface area contributed by atoms with Gasteiger partial charge in [0.2, 0.25) is 0 Å². The molecule has 0 radical (unpaired) electrons. The lowest BCUT2D eigenvalue weighted by atomic mass is 9.94. The van der Waals surface area contributed by atoms with E-state index in [-0.39, 0.29) is 0 Å². The van der Waals surface area contributed by atoms with Gasteiger partial charge in [-0.2, -0.15) is 0 Å². The Kier molecular flexibility index (Phi) is 4.47. The van der Waals surface area contributed by atoms with Crippen molar-refractivity contribution in [3.8, 4) is 0 Å². The summed E-state index contributed by atoms with van der Waals surface area (Å²) >= 11 is 0. The zero-order valence-corrected chi connectivity index (χ0v) is 8.95. The van der Waals surface area contributed by atoms with Crippen LogP contribution in [0.15, 0.2) is 36.6 Å². The van der Waals surface area contributed by atoms with Crippen molar-refractivity contribution in [2.45, 2.75) is 12.8 Å². The number of nitrogens with zero attached hydrogens (tertiary/aromatic N) is 1. The van der Waals surface area contributed by atoms with Gasteiger partial charge in [0.25, 0.3) is 0 Å². The lowest BCUT2D eigenvalue weighted by molar-refractivity contribution is 0.237. The quantitative estimate of drug-likeness (QED) is 0.692. The first-order valence-corrected chi connectivity index (χ1v) is 5.17. The van der Waals surface area contributed by atoms with Gasteiger partial charge in [-0.15, -0.1) is 0 Å². The van der Waals surface area contributed by atoms with Gasteiger partial charge >= 0.3 is 0 Å². The molecule has 1 heterocycles. The number of piperidine rings is 1. The molecule has 2 heteroatoms. The van der Waals surface area contributed by atoms with Crippen molar-refractivity contribution >= 4 is 0 Å². The summed E-state index contributed by atoms with van der Waals surface area (Å²) in [7, 11) is 2.16. The molecule has 0 aromatic carbocycles. The van der Waals surface area contributed by atoms with Crippen molar-refractivity contribution in [1.29, 1.82) is 0 Å². The lowest BCUT2D eigenvalue weighted by Gasteiger charge is -2.29. The summed E-state index contributed by atoms with van der Waals surface area (Å²) < 4.78 is 0. The van der Waals surface area contributed by atoms with E-state index in [0.29, 0.717) is 5.92 Å². The second-order valence-electron chi connectivity index (χ2n) is 3.86. The highest BCUT2D eigenvalue weighted by molar-refractivity contribution is 5.15. The van der Waals surface area contributed by atoms with Gasteiger partial charge in [0, 0.05) is 11.6 Å². The van der Waals surface area contributed by atoms with Crippen molar-refractivity contribution in [3.63, 3.8) is 0 Å². The number of allylic oxidation sites excluding steroid dienone is 5. The molecule has 0 aliphatic carbocycles. The standard InChI is InChI=1S/C12H20N2/c1-3-4-5-6-12(13)11-7-9-14(2)10-8-11/h3-6,11H,1,7-10,13H2,2H3/b5-4-,12-6-. The van der Waals surface area contributed by atoms with Crippen LogP contribution in [-0.2, 0) is 0 Å². The lowest BCUT2D eigenvalue weighted by Crippen LogP contribution is -2.32. The van der Waals surface area contributed by atoms with Crippen molar-refractivity contribution in [3.05, 3.63) is 36.6 Å². The predicted octanol–water partition coefficient (Wildman–Crippen LogP) is 1.91. The fourth-order valence-corrected chi connectivity index (χ4v) is 1.72. The van der Waals surface area contributed by atoms with Gasteiger partial charge in [0.1, 0.15) is 0 Å². The minimum absolute atomic E-state index is 0.570. The van der Waals surface area contributed by atoms with Crippen LogP contribution in [0.25, 0.3) is 0 Å². The molecule has 0 aromatic rings. The molecule has 1 rings (SSSR count). The van der Waals surface area contributed by atoms with E-state index in [2.05, 4.69) is 18.5 Å². The van der Waals surface area contributed by atoms with Crippen LogP contribution in [-0.4, -0.2) is 25.0 Å². The zero-order valence-electron chi connectivity index (χ0n) is 8.95. The fourth-order valence-electron chi connectivity index (χ4n) is 1.72. The number of rotatable bonds is 3. The number of likely N-dealkylation sites (tertiary alicyclic amines) is 1. The Morgan fingerprint density at radius 2 is 2.00 bits per heavy atom. The summed E-state index contributed by atoms with van der Waals surface area (Å²) in [6.07, 6.45) is 9.99. The third-order valence-electron chi connectivity index (χ3n) is 2.73. The number of hydrogen-bond donors (Lipinski definition) is 1. The van der Waals surface area contributed by atoms with Gasteiger partial charge in [-0.05, 0) is 39.1 Å². The summed E-state index contributed by atoms with van der Waals surface area (Å²) in [6.45, 7) is 5.93. The highest BCUT2D eigenvalue weighted by Gasteiger charge is 2.17. The summed E-state index contributed by atoms with van der Waals surface area (Å²) in [4.78, 5) is 2.35. The Bertz CT molecular complexity index is 233. The normalized spacial score (nSPS) is 21.6. The van der Waals surface area contributed by atoms with Crippen LogP contribution < -0.4 is 5.73 Å². The van der Waals surface area contributed by atoms with Crippen molar-refractivity contribution < 1.29 is 0 Å². The average Bonchev–Trinajstić information content (AvgIpc) is 2.19. The molecule has 2 N–H and O–H groups in total. The Morgan fingerprint density at radius 3 is 2.57 bits per heavy atom. The van der Waals surface area contributed by atoms with E-state index < -0.39 is 0 Å². The SMILES string of the molecule is C=C/C=C\C=C(/N)C1CCN(C)CC1. The minimum atomic E-state index is 0.570. The van der Waals surface area contributed by atoms with Gasteiger partial charge in [-0.1, -0.05) is 24.8 Å². The molecule has 0 bridgehead atoms. The van der Waals surface area contributed by atoms with E-state index >= 15 is 0 Å². The van der Waals surface area contributed by atoms with E-state index in [1.807, 2.05) is 18.2 Å². The van der Waals surface area contributed by atoms with E-state index in [9.17, 15) is 0 Å². The molecule has 0 atom stereocenters. The van der Waals surface area contributed by atoms with Gasteiger partial charge in [-0.3, -0.25) is 0 Å². The maximum absolute atomic E-state index is 5.99. The summed E-state index contributed by atoms with van der Waals surface area (Å²) in [5.41, 5.74) is 7.00. The smallest absolute Gasteiger partial charge is 0.0113 e. The van der Waals surface area contributed by atoms with Crippen LogP contribution in [0.2, 0.25) is 0 Å². The highest BCUT2D eigenvalue weighted by Crippen LogP contribution is 2.20. The van der Waals surface area contributed by atoms with Gasteiger partial charge in [0.15, 0.2) is 0 Å². The zero-order chi connectivity index (χ0) is 10.4. The van der Waals surface area contributed by atoms with Gasteiger partial charge in [-0.25, -0.2) is 0 Å². The van der Waals surface area contributed by atoms with Crippen molar-refractivity contribution in [2.75, 3.05) is 20.1 Å². The number of nitrogens with two attached hydrogens (primary N) is 1. The summed E-state index contributed by atoms with van der Waals surface area (Å²) in [6, 6.07) is 0. The Balaban J connectivity index is 2.44. The Labute approximate surface area is 86.8 Å². The molecular weight excluding hydrogens is 172 g/mol. The van der Waals surface area contributed by atoms with Crippen LogP contribution in [0, 0.1) is 5.92 Å². The maximum atomic E-state index is 5.99. The van der Waals surface area contributed by atoms with Crippen molar-refractivity contribution in [1.82, 2.24) is 4.90 Å². The highest BCUT2D eigenvalue weighted by atomic mass is 15.1. The molecule has 0 unspecified atom stereocenters. The second-order valence-corrected chi connectivity index (χ2v) is 3.86. The molecule has 1 fully saturated rings. The first kappa shape index (κ1) is 11.1. The maximum Gasteiger partial charge on any atom is 0.0113 e. The molecule has 1 aliphatic heterocycles.